The van der Waals surface area contributed by atoms with Crippen LogP contribution in [0.25, 0.3) is 0 Å². The van der Waals surface area contributed by atoms with E-state index in [9.17, 15) is 9.59 Å². The molecule has 0 saturated carbocycles. The maximum atomic E-state index is 12.3. The van der Waals surface area contributed by atoms with Crippen molar-refractivity contribution in [3.63, 3.8) is 0 Å². The quantitative estimate of drug-likeness (QED) is 0.615. The molecule has 0 fully saturated rings. The first kappa shape index (κ1) is 14.6. The molecule has 1 aliphatic heterocycles. The molecule has 0 bridgehead atoms. The van der Waals surface area contributed by atoms with Crippen LogP contribution in [0, 0.1) is 5.92 Å². The van der Waals surface area contributed by atoms with Gasteiger partial charge in [-0.3, -0.25) is 4.79 Å². The molecule has 1 aromatic carbocycles. The van der Waals surface area contributed by atoms with Gasteiger partial charge in [-0.05, 0) is 30.4 Å². The number of hydrogen-bond donors (Lipinski definition) is 0. The topological polar surface area (TPSA) is 46.6 Å². The van der Waals surface area contributed by atoms with E-state index in [1.807, 2.05) is 18.2 Å². The molecule has 4 heteroatoms. The van der Waals surface area contributed by atoms with Gasteiger partial charge in [0, 0.05) is 6.54 Å². The summed E-state index contributed by atoms with van der Waals surface area (Å²) in [5.74, 6) is -1.03. The summed E-state index contributed by atoms with van der Waals surface area (Å²) in [5.41, 5.74) is 2.41. The van der Waals surface area contributed by atoms with Gasteiger partial charge in [-0.15, -0.1) is 0 Å². The minimum atomic E-state index is -0.752. The zero-order valence-electron chi connectivity index (χ0n) is 12.3. The Morgan fingerprint density at radius 3 is 2.70 bits per heavy atom. The molecule has 4 nitrogen and oxygen atoms in total. The minimum Gasteiger partial charge on any atom is -0.459 e. The number of nitrogens with zero attached hydrogens (tertiary/aromatic N) is 1. The van der Waals surface area contributed by atoms with E-state index in [2.05, 4.69) is 19.9 Å². The van der Waals surface area contributed by atoms with Crippen molar-refractivity contribution in [3.05, 3.63) is 35.4 Å². The zero-order valence-corrected chi connectivity index (χ0v) is 12.3. The number of esters is 1. The average Bonchev–Trinajstić information content (AvgIpc) is 2.45. The fraction of sp³-hybridized carbons (Fsp3) is 0.500. The molecule has 0 saturated heterocycles. The second-order valence-electron chi connectivity index (χ2n) is 5.36. The summed E-state index contributed by atoms with van der Waals surface area (Å²) in [4.78, 5) is 25.6. The molecule has 1 amide bonds. The maximum absolute atomic E-state index is 12.3. The van der Waals surface area contributed by atoms with Gasteiger partial charge in [-0.25, -0.2) is 4.79 Å². The standard InChI is InChI=1S/C16H21NO3/c1-4-20-16(19)15(18)17-10-9-12-7-5-6-8-13(12)14(17)11(2)3/h5-8,11,14H,4,9-10H2,1-3H3. The van der Waals surface area contributed by atoms with Gasteiger partial charge >= 0.3 is 11.9 Å². The van der Waals surface area contributed by atoms with Crippen LogP contribution in [0.15, 0.2) is 24.3 Å². The molecule has 1 aromatic rings. The van der Waals surface area contributed by atoms with Crippen molar-refractivity contribution >= 4 is 11.9 Å². The molecule has 1 atom stereocenters. The van der Waals surface area contributed by atoms with Gasteiger partial charge in [0.2, 0.25) is 0 Å². The Hall–Kier alpha value is -1.84. The van der Waals surface area contributed by atoms with E-state index in [1.165, 1.54) is 5.56 Å². The van der Waals surface area contributed by atoms with Gasteiger partial charge in [0.25, 0.3) is 0 Å². The molecule has 1 aliphatic rings. The van der Waals surface area contributed by atoms with Crippen molar-refractivity contribution in [2.75, 3.05) is 13.2 Å². The second kappa shape index (κ2) is 6.07. The van der Waals surface area contributed by atoms with Gasteiger partial charge in [0.15, 0.2) is 0 Å². The second-order valence-corrected chi connectivity index (χ2v) is 5.36. The van der Waals surface area contributed by atoms with Crippen LogP contribution < -0.4 is 0 Å². The van der Waals surface area contributed by atoms with Crippen molar-refractivity contribution in [1.82, 2.24) is 4.90 Å². The predicted octanol–water partition coefficient (Wildman–Crippen LogP) is 2.33. The summed E-state index contributed by atoms with van der Waals surface area (Å²) in [5, 5.41) is 0. The molecule has 0 spiro atoms. The molecule has 0 aliphatic carbocycles. The van der Waals surface area contributed by atoms with Gasteiger partial charge in [0.05, 0.1) is 12.6 Å². The summed E-state index contributed by atoms with van der Waals surface area (Å²) in [6.07, 6.45) is 0.782. The lowest BCUT2D eigenvalue weighted by atomic mass is 9.86. The molecular formula is C16H21NO3. The lowest BCUT2D eigenvalue weighted by Gasteiger charge is -2.39. The Balaban J connectivity index is 2.31. The Labute approximate surface area is 119 Å². The lowest BCUT2D eigenvalue weighted by Crippen LogP contribution is -2.45. The van der Waals surface area contributed by atoms with Crippen LogP contribution in [0.4, 0.5) is 0 Å². The lowest BCUT2D eigenvalue weighted by molar-refractivity contribution is -0.162. The van der Waals surface area contributed by atoms with Gasteiger partial charge in [-0.2, -0.15) is 0 Å². The molecule has 1 heterocycles. The molecule has 0 radical (unpaired) electrons. The Morgan fingerprint density at radius 1 is 1.35 bits per heavy atom. The highest BCUT2D eigenvalue weighted by molar-refractivity contribution is 6.32. The summed E-state index contributed by atoms with van der Waals surface area (Å²) in [7, 11) is 0. The number of carbonyl (C=O) groups excluding carboxylic acids is 2. The van der Waals surface area contributed by atoms with E-state index in [-0.39, 0.29) is 18.6 Å². The third kappa shape index (κ3) is 2.69. The first-order chi connectivity index (χ1) is 9.56. The van der Waals surface area contributed by atoms with Crippen molar-refractivity contribution in [1.29, 1.82) is 0 Å². The van der Waals surface area contributed by atoms with Crippen molar-refractivity contribution in [2.45, 2.75) is 33.2 Å². The van der Waals surface area contributed by atoms with E-state index < -0.39 is 11.9 Å². The first-order valence-corrected chi connectivity index (χ1v) is 7.11. The van der Waals surface area contributed by atoms with E-state index in [0.717, 1.165) is 12.0 Å². The Kier molecular flexibility index (Phi) is 4.42. The highest BCUT2D eigenvalue weighted by atomic mass is 16.5. The molecular weight excluding hydrogens is 254 g/mol. The fourth-order valence-corrected chi connectivity index (χ4v) is 2.86. The number of amides is 1. The Morgan fingerprint density at radius 2 is 2.05 bits per heavy atom. The van der Waals surface area contributed by atoms with Crippen LogP contribution in [0.2, 0.25) is 0 Å². The largest absolute Gasteiger partial charge is 0.459 e. The van der Waals surface area contributed by atoms with Crippen LogP contribution in [0.3, 0.4) is 0 Å². The van der Waals surface area contributed by atoms with E-state index in [1.54, 1.807) is 11.8 Å². The molecule has 1 unspecified atom stereocenters. The normalized spacial score (nSPS) is 17.8. The molecule has 20 heavy (non-hydrogen) atoms. The number of carbonyl (C=O) groups is 2. The first-order valence-electron chi connectivity index (χ1n) is 7.11. The number of benzene rings is 1. The zero-order chi connectivity index (χ0) is 14.7. The van der Waals surface area contributed by atoms with E-state index in [4.69, 9.17) is 4.74 Å². The predicted molar refractivity (Wildman–Crippen MR) is 76.1 cm³/mol. The SMILES string of the molecule is CCOC(=O)C(=O)N1CCc2ccccc2C1C(C)C. The molecule has 0 aromatic heterocycles. The van der Waals surface area contributed by atoms with Crippen molar-refractivity contribution in [2.24, 2.45) is 5.92 Å². The number of fused-ring (bicyclic) bond motifs is 1. The minimum absolute atomic E-state index is 0.0585. The average molecular weight is 275 g/mol. The smallest absolute Gasteiger partial charge is 0.397 e. The van der Waals surface area contributed by atoms with Crippen molar-refractivity contribution < 1.29 is 14.3 Å². The van der Waals surface area contributed by atoms with E-state index >= 15 is 0 Å². The summed E-state index contributed by atoms with van der Waals surface area (Å²) in [6, 6.07) is 8.07. The third-order valence-corrected chi connectivity index (χ3v) is 3.67. The van der Waals surface area contributed by atoms with Crippen LogP contribution in [0.1, 0.15) is 37.9 Å². The van der Waals surface area contributed by atoms with E-state index in [0.29, 0.717) is 6.54 Å². The number of rotatable bonds is 2. The Bertz CT molecular complexity index is 510. The fourth-order valence-electron chi connectivity index (χ4n) is 2.86. The molecule has 108 valence electrons. The van der Waals surface area contributed by atoms with Gasteiger partial charge in [0.1, 0.15) is 0 Å². The van der Waals surface area contributed by atoms with Crippen LogP contribution in [-0.4, -0.2) is 29.9 Å². The number of hydrogen-bond acceptors (Lipinski definition) is 3. The van der Waals surface area contributed by atoms with Gasteiger partial charge in [-0.1, -0.05) is 38.1 Å². The van der Waals surface area contributed by atoms with Gasteiger partial charge < -0.3 is 9.64 Å². The summed E-state index contributed by atoms with van der Waals surface area (Å²) >= 11 is 0. The van der Waals surface area contributed by atoms with Crippen LogP contribution in [-0.2, 0) is 20.7 Å². The van der Waals surface area contributed by atoms with Crippen LogP contribution >= 0.6 is 0 Å². The summed E-state index contributed by atoms with van der Waals surface area (Å²) < 4.78 is 4.84. The van der Waals surface area contributed by atoms with Crippen molar-refractivity contribution in [3.8, 4) is 0 Å². The molecule has 0 N–H and O–H groups in total. The number of ether oxygens (including phenoxy) is 1. The third-order valence-electron chi connectivity index (χ3n) is 3.67. The monoisotopic (exact) mass is 275 g/mol. The van der Waals surface area contributed by atoms with Crippen LogP contribution in [0.5, 0.6) is 0 Å². The molecule has 2 rings (SSSR count). The highest BCUT2D eigenvalue weighted by Gasteiger charge is 2.35. The maximum Gasteiger partial charge on any atom is 0.397 e. The highest BCUT2D eigenvalue weighted by Crippen LogP contribution is 2.35. The summed E-state index contributed by atoms with van der Waals surface area (Å²) in [6.45, 7) is 6.63.